The first kappa shape index (κ1) is 18.1. The number of nitrogens with one attached hydrogen (secondary N) is 1. The molecule has 0 aliphatic carbocycles. The molecule has 148 valence electrons. The van der Waals surface area contributed by atoms with Crippen molar-refractivity contribution in [2.75, 3.05) is 35.9 Å². The Morgan fingerprint density at radius 2 is 1.59 bits per heavy atom. The second-order valence-electron chi connectivity index (χ2n) is 7.57. The summed E-state index contributed by atoms with van der Waals surface area (Å²) in [4.78, 5) is 11.3. The van der Waals surface area contributed by atoms with Crippen molar-refractivity contribution in [3.05, 3.63) is 66.7 Å². The summed E-state index contributed by atoms with van der Waals surface area (Å²) in [6.07, 6.45) is 0. The van der Waals surface area contributed by atoms with E-state index in [1.165, 1.54) is 0 Å². The molecule has 5 rings (SSSR count). The lowest BCUT2D eigenvalue weighted by Crippen LogP contribution is -2.66. The second kappa shape index (κ2) is 6.82. The molecule has 8 heteroatoms. The number of benzene rings is 2. The predicted octanol–water partition coefficient (Wildman–Crippen LogP) is 2.78. The van der Waals surface area contributed by atoms with E-state index in [0.717, 1.165) is 31.9 Å². The van der Waals surface area contributed by atoms with E-state index >= 15 is 0 Å². The van der Waals surface area contributed by atoms with Crippen molar-refractivity contribution < 1.29 is 13.2 Å². The smallest absolute Gasteiger partial charge is 0.264 e. The average molecular weight is 408 g/mol. The Morgan fingerprint density at radius 1 is 0.931 bits per heavy atom. The Bertz CT molecular complexity index is 1130. The number of ether oxygens (including phenoxy) is 1. The average Bonchev–Trinajstić information content (AvgIpc) is 2.67. The van der Waals surface area contributed by atoms with Crippen LogP contribution in [-0.4, -0.2) is 44.7 Å². The maximum atomic E-state index is 12.8. The van der Waals surface area contributed by atoms with Gasteiger partial charge in [-0.15, -0.1) is 0 Å². The molecule has 7 nitrogen and oxygen atoms in total. The van der Waals surface area contributed by atoms with Gasteiger partial charge in [-0.2, -0.15) is 4.98 Å². The zero-order chi connectivity index (χ0) is 19.9. The topological polar surface area (TPSA) is 84.4 Å². The van der Waals surface area contributed by atoms with Crippen molar-refractivity contribution in [3.8, 4) is 11.3 Å². The van der Waals surface area contributed by atoms with Crippen molar-refractivity contribution in [1.82, 2.24) is 9.97 Å². The molecule has 1 aromatic heterocycles. The van der Waals surface area contributed by atoms with Crippen LogP contribution in [0.4, 0.5) is 11.8 Å². The molecule has 2 aliphatic rings. The molecule has 0 unspecified atom stereocenters. The van der Waals surface area contributed by atoms with Crippen LogP contribution < -0.4 is 9.62 Å². The van der Waals surface area contributed by atoms with Crippen molar-refractivity contribution >= 4 is 21.8 Å². The Morgan fingerprint density at radius 3 is 2.21 bits per heavy atom. The molecule has 29 heavy (non-hydrogen) atoms. The minimum absolute atomic E-state index is 0.0658. The van der Waals surface area contributed by atoms with E-state index in [9.17, 15) is 8.42 Å². The first-order valence-electron chi connectivity index (χ1n) is 9.38. The van der Waals surface area contributed by atoms with Gasteiger partial charge < -0.3 is 9.64 Å². The minimum atomic E-state index is -3.77. The van der Waals surface area contributed by atoms with Gasteiger partial charge in [0.25, 0.3) is 10.0 Å². The number of rotatable bonds is 5. The van der Waals surface area contributed by atoms with Crippen LogP contribution in [0.3, 0.4) is 0 Å². The number of anilines is 2. The lowest BCUT2D eigenvalue weighted by molar-refractivity contribution is -0.127. The summed E-state index contributed by atoms with van der Waals surface area (Å²) in [5.41, 5.74) is 1.80. The van der Waals surface area contributed by atoms with Crippen LogP contribution >= 0.6 is 0 Å². The molecule has 3 heterocycles. The summed E-state index contributed by atoms with van der Waals surface area (Å²) in [5.74, 6) is 0.776. The fourth-order valence-electron chi connectivity index (χ4n) is 3.68. The number of aromatic nitrogens is 2. The third-order valence-electron chi connectivity index (χ3n) is 5.25. The fourth-order valence-corrected chi connectivity index (χ4v) is 4.64. The largest absolute Gasteiger partial charge is 0.380 e. The van der Waals surface area contributed by atoms with E-state index in [0.29, 0.717) is 11.5 Å². The Kier molecular flexibility index (Phi) is 4.25. The normalized spacial score (nSPS) is 17.4. The maximum absolute atomic E-state index is 12.8. The lowest BCUT2D eigenvalue weighted by Gasteiger charge is -2.55. The van der Waals surface area contributed by atoms with Gasteiger partial charge in [-0.05, 0) is 12.1 Å². The summed E-state index contributed by atoms with van der Waals surface area (Å²) in [7, 11) is -3.77. The molecule has 0 amide bonds. The molecule has 0 bridgehead atoms. The molecule has 2 aliphatic heterocycles. The van der Waals surface area contributed by atoms with Gasteiger partial charge in [0.05, 0.1) is 29.2 Å². The van der Waals surface area contributed by atoms with Crippen LogP contribution in [0.25, 0.3) is 11.3 Å². The maximum Gasteiger partial charge on any atom is 0.264 e. The van der Waals surface area contributed by atoms with Crippen LogP contribution in [0.5, 0.6) is 0 Å². The third kappa shape index (κ3) is 3.45. The molecule has 3 aromatic rings. The number of nitrogens with zero attached hydrogens (tertiary/aromatic N) is 3. The van der Waals surface area contributed by atoms with Crippen molar-refractivity contribution in [2.45, 2.75) is 4.90 Å². The number of hydrogen-bond acceptors (Lipinski definition) is 6. The summed E-state index contributed by atoms with van der Waals surface area (Å²) < 4.78 is 33.4. The van der Waals surface area contributed by atoms with Crippen molar-refractivity contribution in [1.29, 1.82) is 0 Å². The number of sulfonamides is 1. The Balaban J connectivity index is 1.50. The first-order chi connectivity index (χ1) is 14.0. The molecule has 1 spiro atoms. The van der Waals surface area contributed by atoms with E-state index < -0.39 is 10.0 Å². The van der Waals surface area contributed by atoms with E-state index in [-0.39, 0.29) is 16.3 Å². The zero-order valence-electron chi connectivity index (χ0n) is 15.7. The van der Waals surface area contributed by atoms with Gasteiger partial charge in [0.2, 0.25) is 5.95 Å². The van der Waals surface area contributed by atoms with E-state index in [2.05, 4.69) is 19.6 Å². The highest BCUT2D eigenvalue weighted by atomic mass is 32.2. The van der Waals surface area contributed by atoms with Gasteiger partial charge >= 0.3 is 0 Å². The number of hydrogen-bond donors (Lipinski definition) is 1. The zero-order valence-corrected chi connectivity index (χ0v) is 16.5. The molecule has 0 atom stereocenters. The molecule has 1 N–H and O–H groups in total. The molecule has 2 aromatic carbocycles. The Hall–Kier alpha value is -2.97. The third-order valence-corrected chi connectivity index (χ3v) is 6.60. The van der Waals surface area contributed by atoms with E-state index in [1.807, 2.05) is 36.4 Å². The molecule has 2 fully saturated rings. The van der Waals surface area contributed by atoms with Crippen LogP contribution in [0.2, 0.25) is 0 Å². The quantitative estimate of drug-likeness (QED) is 0.699. The van der Waals surface area contributed by atoms with Crippen molar-refractivity contribution in [2.24, 2.45) is 5.41 Å². The van der Waals surface area contributed by atoms with Crippen LogP contribution in [0, 0.1) is 5.41 Å². The van der Waals surface area contributed by atoms with Gasteiger partial charge in [-0.1, -0.05) is 48.5 Å². The van der Waals surface area contributed by atoms with E-state index in [4.69, 9.17) is 4.74 Å². The molecule has 0 radical (unpaired) electrons. The summed E-state index contributed by atoms with van der Waals surface area (Å²) >= 11 is 0. The highest BCUT2D eigenvalue weighted by Crippen LogP contribution is 2.40. The monoisotopic (exact) mass is 408 g/mol. The summed E-state index contributed by atoms with van der Waals surface area (Å²) in [6, 6.07) is 19.8. The summed E-state index contributed by atoms with van der Waals surface area (Å²) in [5, 5.41) is 0. The predicted molar refractivity (Wildman–Crippen MR) is 110 cm³/mol. The van der Waals surface area contributed by atoms with Gasteiger partial charge in [0, 0.05) is 24.7 Å². The van der Waals surface area contributed by atoms with Gasteiger partial charge in [0.15, 0.2) is 0 Å². The van der Waals surface area contributed by atoms with Crippen LogP contribution in [0.15, 0.2) is 71.6 Å². The molecule has 0 saturated carbocycles. The second-order valence-corrected chi connectivity index (χ2v) is 9.25. The SMILES string of the molecule is O=S(=O)(Nc1nc(-c2ccccc2)cc(N2CC3(COC3)C2)n1)c1ccccc1. The van der Waals surface area contributed by atoms with Crippen LogP contribution in [-0.2, 0) is 14.8 Å². The lowest BCUT2D eigenvalue weighted by atomic mass is 9.78. The summed E-state index contributed by atoms with van der Waals surface area (Å²) in [6.45, 7) is 3.24. The molecular formula is C21H20N4O3S. The fraction of sp³-hybridized carbons (Fsp3) is 0.238. The highest BCUT2D eigenvalue weighted by Gasteiger charge is 2.49. The molecular weight excluding hydrogens is 388 g/mol. The first-order valence-corrected chi connectivity index (χ1v) is 10.9. The Labute approximate surface area is 169 Å². The van der Waals surface area contributed by atoms with Gasteiger partial charge in [0.1, 0.15) is 5.82 Å². The van der Waals surface area contributed by atoms with E-state index in [1.54, 1.807) is 30.3 Å². The minimum Gasteiger partial charge on any atom is -0.380 e. The molecule has 2 saturated heterocycles. The standard InChI is InChI=1S/C21H20N4O3S/c26-29(27,17-9-5-2-6-10-17)24-20-22-18(16-7-3-1-4-8-16)11-19(23-20)25-12-21(13-25)14-28-15-21/h1-11H,12-15H2,(H,22,23,24). The van der Waals surface area contributed by atoms with Crippen molar-refractivity contribution in [3.63, 3.8) is 0 Å². The van der Waals surface area contributed by atoms with Crippen LogP contribution in [0.1, 0.15) is 0 Å². The van der Waals surface area contributed by atoms with Gasteiger partial charge in [-0.3, -0.25) is 0 Å². The highest BCUT2D eigenvalue weighted by molar-refractivity contribution is 7.92. The van der Waals surface area contributed by atoms with Gasteiger partial charge in [-0.25, -0.2) is 18.1 Å².